The summed E-state index contributed by atoms with van der Waals surface area (Å²) in [7, 11) is 1.66. The van der Waals surface area contributed by atoms with Crippen molar-refractivity contribution in [1.82, 2.24) is 5.32 Å². The van der Waals surface area contributed by atoms with Crippen LogP contribution in [0.5, 0.6) is 5.75 Å². The van der Waals surface area contributed by atoms with Crippen molar-refractivity contribution in [3.05, 3.63) is 65.5 Å². The Bertz CT molecular complexity index is 553. The van der Waals surface area contributed by atoms with Crippen LogP contribution in [0.3, 0.4) is 0 Å². The molecule has 0 heterocycles. The van der Waals surface area contributed by atoms with Gasteiger partial charge in [-0.25, -0.2) is 4.39 Å². The predicted molar refractivity (Wildman–Crippen MR) is 84.1 cm³/mol. The third-order valence-electron chi connectivity index (χ3n) is 3.49. The number of rotatable bonds is 7. The molecule has 0 aliphatic heterocycles. The second-order valence-corrected chi connectivity index (χ2v) is 5.11. The Kier molecular flexibility index (Phi) is 5.76. The van der Waals surface area contributed by atoms with Crippen LogP contribution in [-0.2, 0) is 6.42 Å². The first kappa shape index (κ1) is 15.5. The molecule has 0 bridgehead atoms. The number of halogens is 1. The van der Waals surface area contributed by atoms with Gasteiger partial charge in [-0.2, -0.15) is 0 Å². The summed E-state index contributed by atoms with van der Waals surface area (Å²) in [6.45, 7) is 3.08. The second kappa shape index (κ2) is 7.79. The molecule has 1 unspecified atom stereocenters. The van der Waals surface area contributed by atoms with Gasteiger partial charge in [0.25, 0.3) is 0 Å². The van der Waals surface area contributed by atoms with Gasteiger partial charge in [0.15, 0.2) is 0 Å². The Hall–Kier alpha value is -1.87. The van der Waals surface area contributed by atoms with Crippen molar-refractivity contribution in [3.8, 4) is 5.75 Å². The fraction of sp³-hybridized carbons (Fsp3) is 0.333. The Balaban J connectivity index is 2.16. The number of methoxy groups -OCH3 is 1. The molecule has 1 atom stereocenters. The van der Waals surface area contributed by atoms with Gasteiger partial charge in [-0.1, -0.05) is 31.2 Å². The maximum Gasteiger partial charge on any atom is 0.123 e. The van der Waals surface area contributed by atoms with Crippen LogP contribution in [0.25, 0.3) is 0 Å². The van der Waals surface area contributed by atoms with E-state index in [1.54, 1.807) is 19.2 Å². The zero-order valence-electron chi connectivity index (χ0n) is 12.6. The van der Waals surface area contributed by atoms with Crippen LogP contribution in [0.1, 0.15) is 30.5 Å². The van der Waals surface area contributed by atoms with Crippen LogP contribution in [0, 0.1) is 5.82 Å². The summed E-state index contributed by atoms with van der Waals surface area (Å²) in [4.78, 5) is 0. The minimum atomic E-state index is -0.184. The van der Waals surface area contributed by atoms with Gasteiger partial charge in [-0.15, -0.1) is 0 Å². The summed E-state index contributed by atoms with van der Waals surface area (Å²) in [6, 6.07) is 15.0. The molecule has 21 heavy (non-hydrogen) atoms. The average molecular weight is 287 g/mol. The molecule has 0 spiro atoms. The van der Waals surface area contributed by atoms with Crippen molar-refractivity contribution in [1.29, 1.82) is 0 Å². The molecule has 1 N–H and O–H groups in total. The fourth-order valence-electron chi connectivity index (χ4n) is 2.36. The first-order valence-electron chi connectivity index (χ1n) is 7.34. The highest BCUT2D eigenvalue weighted by atomic mass is 19.1. The molecule has 2 rings (SSSR count). The molecule has 2 aromatic carbocycles. The Morgan fingerprint density at radius 1 is 1.14 bits per heavy atom. The third-order valence-corrected chi connectivity index (χ3v) is 3.49. The van der Waals surface area contributed by atoms with Crippen molar-refractivity contribution < 1.29 is 9.13 Å². The van der Waals surface area contributed by atoms with Gasteiger partial charge in [-0.3, -0.25) is 0 Å². The Morgan fingerprint density at radius 2 is 1.90 bits per heavy atom. The maximum absolute atomic E-state index is 13.3. The molecule has 0 radical (unpaired) electrons. The largest absolute Gasteiger partial charge is 0.497 e. The minimum Gasteiger partial charge on any atom is -0.497 e. The van der Waals surface area contributed by atoms with E-state index in [0.717, 1.165) is 30.7 Å². The summed E-state index contributed by atoms with van der Waals surface area (Å²) < 4.78 is 18.5. The lowest BCUT2D eigenvalue weighted by Gasteiger charge is -2.19. The molecular formula is C18H22FNO. The van der Waals surface area contributed by atoms with Crippen molar-refractivity contribution in [2.45, 2.75) is 25.8 Å². The van der Waals surface area contributed by atoms with Gasteiger partial charge in [0.2, 0.25) is 0 Å². The van der Waals surface area contributed by atoms with Crippen LogP contribution in [0.2, 0.25) is 0 Å². The van der Waals surface area contributed by atoms with Crippen molar-refractivity contribution in [2.24, 2.45) is 0 Å². The van der Waals surface area contributed by atoms with E-state index in [1.165, 1.54) is 11.6 Å². The Morgan fingerprint density at radius 3 is 2.52 bits per heavy atom. The van der Waals surface area contributed by atoms with Crippen LogP contribution < -0.4 is 10.1 Å². The van der Waals surface area contributed by atoms with Gasteiger partial charge in [0, 0.05) is 6.04 Å². The van der Waals surface area contributed by atoms with E-state index in [2.05, 4.69) is 24.4 Å². The normalized spacial score (nSPS) is 12.1. The summed E-state index contributed by atoms with van der Waals surface area (Å²) in [5.41, 5.74) is 2.19. The lowest BCUT2D eigenvalue weighted by molar-refractivity contribution is 0.414. The van der Waals surface area contributed by atoms with Crippen LogP contribution >= 0.6 is 0 Å². The van der Waals surface area contributed by atoms with Crippen molar-refractivity contribution in [2.75, 3.05) is 13.7 Å². The van der Waals surface area contributed by atoms with Crippen LogP contribution in [0.4, 0.5) is 4.39 Å². The minimum absolute atomic E-state index is 0.178. The summed E-state index contributed by atoms with van der Waals surface area (Å²) in [6.07, 6.45) is 1.83. The summed E-state index contributed by atoms with van der Waals surface area (Å²) in [5.74, 6) is 0.662. The number of hydrogen-bond acceptors (Lipinski definition) is 2. The number of ether oxygens (including phenoxy) is 1. The quantitative estimate of drug-likeness (QED) is 0.827. The van der Waals surface area contributed by atoms with E-state index in [-0.39, 0.29) is 11.9 Å². The van der Waals surface area contributed by atoms with Crippen molar-refractivity contribution >= 4 is 0 Å². The second-order valence-electron chi connectivity index (χ2n) is 5.11. The van der Waals surface area contributed by atoms with E-state index < -0.39 is 0 Å². The number of benzene rings is 2. The summed E-state index contributed by atoms with van der Waals surface area (Å²) in [5, 5.41) is 3.53. The standard InChI is InChI=1S/C18H22FNO/c1-3-11-20-18(13-14-5-4-6-16(19)12-14)15-7-9-17(21-2)10-8-15/h4-10,12,18,20H,3,11,13H2,1-2H3. The highest BCUT2D eigenvalue weighted by Crippen LogP contribution is 2.21. The van der Waals surface area contributed by atoms with E-state index in [0.29, 0.717) is 0 Å². The molecule has 0 amide bonds. The molecular weight excluding hydrogens is 265 g/mol. The first-order chi connectivity index (χ1) is 10.2. The molecule has 0 aromatic heterocycles. The smallest absolute Gasteiger partial charge is 0.123 e. The Labute approximate surface area is 126 Å². The molecule has 0 aliphatic carbocycles. The van der Waals surface area contributed by atoms with Crippen LogP contribution in [0.15, 0.2) is 48.5 Å². The van der Waals surface area contributed by atoms with E-state index in [1.807, 2.05) is 18.2 Å². The molecule has 2 nitrogen and oxygen atoms in total. The van der Waals surface area contributed by atoms with Crippen LogP contribution in [-0.4, -0.2) is 13.7 Å². The third kappa shape index (κ3) is 4.57. The predicted octanol–water partition coefficient (Wildman–Crippen LogP) is 4.12. The fourth-order valence-corrected chi connectivity index (χ4v) is 2.36. The maximum atomic E-state index is 13.3. The van der Waals surface area contributed by atoms with Crippen molar-refractivity contribution in [3.63, 3.8) is 0 Å². The number of nitrogens with one attached hydrogen (secondary N) is 1. The first-order valence-corrected chi connectivity index (χ1v) is 7.34. The van der Waals surface area contributed by atoms with Gasteiger partial charge in [-0.05, 0) is 54.8 Å². The molecule has 0 fully saturated rings. The zero-order chi connectivity index (χ0) is 15.1. The molecule has 0 aliphatic rings. The molecule has 3 heteroatoms. The highest BCUT2D eigenvalue weighted by Gasteiger charge is 2.12. The van der Waals surface area contributed by atoms with Gasteiger partial charge >= 0.3 is 0 Å². The molecule has 0 saturated carbocycles. The lowest BCUT2D eigenvalue weighted by Crippen LogP contribution is -2.24. The highest BCUT2D eigenvalue weighted by molar-refractivity contribution is 5.30. The van der Waals surface area contributed by atoms with Gasteiger partial charge in [0.1, 0.15) is 11.6 Å². The van der Waals surface area contributed by atoms with Gasteiger partial charge in [0.05, 0.1) is 7.11 Å². The average Bonchev–Trinajstić information content (AvgIpc) is 2.51. The zero-order valence-corrected chi connectivity index (χ0v) is 12.6. The van der Waals surface area contributed by atoms with E-state index in [9.17, 15) is 4.39 Å². The summed E-state index contributed by atoms with van der Waals surface area (Å²) >= 11 is 0. The number of hydrogen-bond donors (Lipinski definition) is 1. The topological polar surface area (TPSA) is 21.3 Å². The molecule has 112 valence electrons. The van der Waals surface area contributed by atoms with Gasteiger partial charge < -0.3 is 10.1 Å². The lowest BCUT2D eigenvalue weighted by atomic mass is 9.98. The molecule has 0 saturated heterocycles. The molecule has 2 aromatic rings. The van der Waals surface area contributed by atoms with E-state index in [4.69, 9.17) is 4.74 Å². The van der Waals surface area contributed by atoms with E-state index >= 15 is 0 Å². The SMILES string of the molecule is CCCNC(Cc1cccc(F)c1)c1ccc(OC)cc1. The monoisotopic (exact) mass is 287 g/mol.